The molecule has 2 aromatic rings. The number of ether oxygens (including phenoxy) is 1. The molecule has 128 valence electrons. The van der Waals surface area contributed by atoms with Crippen LogP contribution in [0.25, 0.3) is 0 Å². The molecule has 2 rings (SSSR count). The number of amides is 1. The molecule has 0 unspecified atom stereocenters. The van der Waals surface area contributed by atoms with E-state index in [-0.39, 0.29) is 29.8 Å². The van der Waals surface area contributed by atoms with Crippen molar-refractivity contribution in [2.24, 2.45) is 0 Å². The predicted octanol–water partition coefficient (Wildman–Crippen LogP) is 4.44. The topological polar surface area (TPSA) is 29.5 Å². The van der Waals surface area contributed by atoms with Gasteiger partial charge >= 0.3 is 0 Å². The van der Waals surface area contributed by atoms with E-state index in [9.17, 15) is 13.6 Å². The molecular weight excluding hydrogens is 336 g/mol. The molecule has 0 fully saturated rings. The number of halogens is 3. The summed E-state index contributed by atoms with van der Waals surface area (Å²) in [5.41, 5.74) is 0.729. The first-order valence-corrected chi connectivity index (χ1v) is 7.97. The lowest BCUT2D eigenvalue weighted by atomic mass is 10.2. The number of benzene rings is 2. The minimum atomic E-state index is -0.448. The zero-order valence-corrected chi connectivity index (χ0v) is 14.0. The van der Waals surface area contributed by atoms with Crippen LogP contribution in [0.3, 0.4) is 0 Å². The molecule has 0 aromatic heterocycles. The van der Waals surface area contributed by atoms with Crippen LogP contribution < -0.4 is 4.74 Å². The molecule has 1 amide bonds. The molecule has 0 radical (unpaired) electrons. The van der Waals surface area contributed by atoms with E-state index in [1.807, 2.05) is 6.92 Å². The Morgan fingerprint density at radius 3 is 2.58 bits per heavy atom. The van der Waals surface area contributed by atoms with Gasteiger partial charge in [-0.1, -0.05) is 23.7 Å². The number of rotatable bonds is 7. The van der Waals surface area contributed by atoms with Gasteiger partial charge in [0, 0.05) is 13.1 Å². The summed E-state index contributed by atoms with van der Waals surface area (Å²) < 4.78 is 31.6. The highest BCUT2D eigenvalue weighted by atomic mass is 35.5. The van der Waals surface area contributed by atoms with Crippen LogP contribution in [0, 0.1) is 11.6 Å². The lowest BCUT2D eigenvalue weighted by Gasteiger charge is -2.21. The number of carbonyl (C=O) groups excluding carboxylic acids is 1. The molecule has 0 aliphatic rings. The quantitative estimate of drug-likeness (QED) is 0.736. The van der Waals surface area contributed by atoms with Crippen molar-refractivity contribution in [3.8, 4) is 5.75 Å². The van der Waals surface area contributed by atoms with Crippen molar-refractivity contribution in [3.05, 3.63) is 64.7 Å². The minimum absolute atomic E-state index is 0.111. The second-order valence-corrected chi connectivity index (χ2v) is 5.62. The van der Waals surface area contributed by atoms with Crippen molar-refractivity contribution in [1.82, 2.24) is 4.90 Å². The fourth-order valence-corrected chi connectivity index (χ4v) is 2.45. The van der Waals surface area contributed by atoms with E-state index < -0.39 is 5.82 Å². The van der Waals surface area contributed by atoms with E-state index in [1.54, 1.807) is 17.0 Å². The summed E-state index contributed by atoms with van der Waals surface area (Å²) >= 11 is 5.86. The minimum Gasteiger partial charge on any atom is -0.491 e. The summed E-state index contributed by atoms with van der Waals surface area (Å²) in [5.74, 6) is -0.556. The number of nitrogens with zero attached hydrogens (tertiary/aromatic N) is 1. The smallest absolute Gasteiger partial charge is 0.226 e. The van der Waals surface area contributed by atoms with Crippen LogP contribution in [0.1, 0.15) is 18.9 Å². The van der Waals surface area contributed by atoms with Crippen LogP contribution in [-0.4, -0.2) is 24.0 Å². The molecule has 2 aromatic carbocycles. The van der Waals surface area contributed by atoms with Crippen LogP contribution in [0.5, 0.6) is 5.75 Å². The second kappa shape index (κ2) is 8.64. The highest BCUT2D eigenvalue weighted by molar-refractivity contribution is 6.32. The Balaban J connectivity index is 1.87. The average molecular weight is 354 g/mol. The van der Waals surface area contributed by atoms with Gasteiger partial charge in [0.15, 0.2) is 0 Å². The van der Waals surface area contributed by atoms with Gasteiger partial charge in [0.05, 0.1) is 18.1 Å². The maximum Gasteiger partial charge on any atom is 0.226 e. The summed E-state index contributed by atoms with van der Waals surface area (Å²) in [7, 11) is 0. The van der Waals surface area contributed by atoms with Crippen molar-refractivity contribution in [2.45, 2.75) is 19.9 Å². The SMILES string of the molecule is CCN(Cc1cccc(F)c1)C(=O)CCOc1ccc(F)cc1Cl. The first kappa shape index (κ1) is 18.2. The number of carbonyl (C=O) groups is 1. The fraction of sp³-hybridized carbons (Fsp3) is 0.278. The molecule has 6 heteroatoms. The largest absolute Gasteiger partial charge is 0.491 e. The highest BCUT2D eigenvalue weighted by Crippen LogP contribution is 2.24. The zero-order chi connectivity index (χ0) is 17.5. The van der Waals surface area contributed by atoms with Crippen LogP contribution in [0.4, 0.5) is 8.78 Å². The normalized spacial score (nSPS) is 10.5. The zero-order valence-electron chi connectivity index (χ0n) is 13.3. The molecule has 0 aliphatic heterocycles. The molecule has 0 spiro atoms. The van der Waals surface area contributed by atoms with Crippen molar-refractivity contribution in [2.75, 3.05) is 13.2 Å². The Hall–Kier alpha value is -2.14. The summed E-state index contributed by atoms with van der Waals surface area (Å²) in [6.45, 7) is 2.83. The lowest BCUT2D eigenvalue weighted by Crippen LogP contribution is -2.31. The van der Waals surface area contributed by atoms with E-state index >= 15 is 0 Å². The molecule has 0 saturated carbocycles. The molecule has 0 heterocycles. The summed E-state index contributed by atoms with van der Waals surface area (Å²) in [4.78, 5) is 13.9. The molecule has 0 saturated heterocycles. The van der Waals surface area contributed by atoms with E-state index in [1.165, 1.54) is 24.3 Å². The molecule has 0 atom stereocenters. The number of hydrogen-bond donors (Lipinski definition) is 0. The van der Waals surface area contributed by atoms with E-state index in [0.717, 1.165) is 11.6 Å². The van der Waals surface area contributed by atoms with Gasteiger partial charge in [-0.15, -0.1) is 0 Å². The third-order valence-corrected chi connectivity index (χ3v) is 3.76. The summed E-state index contributed by atoms with van der Waals surface area (Å²) in [5, 5.41) is 0.162. The average Bonchev–Trinajstić information content (AvgIpc) is 2.54. The van der Waals surface area contributed by atoms with Gasteiger partial charge in [-0.3, -0.25) is 4.79 Å². The highest BCUT2D eigenvalue weighted by Gasteiger charge is 2.13. The van der Waals surface area contributed by atoms with Crippen molar-refractivity contribution in [3.63, 3.8) is 0 Å². The molecule has 0 bridgehead atoms. The van der Waals surface area contributed by atoms with Gasteiger partial charge < -0.3 is 9.64 Å². The monoisotopic (exact) mass is 353 g/mol. The molecule has 0 aliphatic carbocycles. The van der Waals surface area contributed by atoms with E-state index in [0.29, 0.717) is 18.8 Å². The molecule has 24 heavy (non-hydrogen) atoms. The third kappa shape index (κ3) is 5.20. The maximum absolute atomic E-state index is 13.2. The Morgan fingerprint density at radius 1 is 1.17 bits per heavy atom. The Morgan fingerprint density at radius 2 is 1.92 bits per heavy atom. The molecular formula is C18H18ClF2NO2. The van der Waals surface area contributed by atoms with Crippen molar-refractivity contribution >= 4 is 17.5 Å². The Labute approximate surface area is 144 Å². The summed E-state index contributed by atoms with van der Waals surface area (Å²) in [6, 6.07) is 9.97. The fourth-order valence-electron chi connectivity index (χ4n) is 2.23. The van der Waals surface area contributed by atoms with Gasteiger partial charge in [-0.2, -0.15) is 0 Å². The van der Waals surface area contributed by atoms with E-state index in [4.69, 9.17) is 16.3 Å². The van der Waals surface area contributed by atoms with Crippen LogP contribution in [-0.2, 0) is 11.3 Å². The molecule has 0 N–H and O–H groups in total. The van der Waals surface area contributed by atoms with Crippen LogP contribution >= 0.6 is 11.6 Å². The van der Waals surface area contributed by atoms with Crippen LogP contribution in [0.2, 0.25) is 5.02 Å². The van der Waals surface area contributed by atoms with Crippen molar-refractivity contribution < 1.29 is 18.3 Å². The third-order valence-electron chi connectivity index (χ3n) is 3.46. The van der Waals surface area contributed by atoms with Crippen LogP contribution in [0.15, 0.2) is 42.5 Å². The first-order chi connectivity index (χ1) is 11.5. The van der Waals surface area contributed by atoms with Gasteiger partial charge in [0.2, 0.25) is 5.91 Å². The Kier molecular flexibility index (Phi) is 6.55. The van der Waals surface area contributed by atoms with Gasteiger partial charge in [-0.05, 0) is 42.8 Å². The van der Waals surface area contributed by atoms with E-state index in [2.05, 4.69) is 0 Å². The first-order valence-electron chi connectivity index (χ1n) is 7.59. The van der Waals surface area contributed by atoms with Crippen molar-refractivity contribution in [1.29, 1.82) is 0 Å². The summed E-state index contributed by atoms with van der Waals surface area (Å²) in [6.07, 6.45) is 0.150. The van der Waals surface area contributed by atoms with Gasteiger partial charge in [-0.25, -0.2) is 8.78 Å². The maximum atomic E-state index is 13.2. The molecule has 3 nitrogen and oxygen atoms in total. The predicted molar refractivity (Wildman–Crippen MR) is 89.0 cm³/mol. The van der Waals surface area contributed by atoms with Gasteiger partial charge in [0.1, 0.15) is 17.4 Å². The second-order valence-electron chi connectivity index (χ2n) is 5.21. The number of hydrogen-bond acceptors (Lipinski definition) is 2. The Bertz CT molecular complexity index is 709. The van der Waals surface area contributed by atoms with Gasteiger partial charge in [0.25, 0.3) is 0 Å². The standard InChI is InChI=1S/C18H18ClF2NO2/c1-2-22(12-13-4-3-5-14(20)10-13)18(23)8-9-24-17-7-6-15(21)11-16(17)19/h3-7,10-11H,2,8-9,12H2,1H3. The lowest BCUT2D eigenvalue weighted by molar-refractivity contribution is -0.132.